The standard InChI is InChI=1S/C14H15BrN2OS/c1-17(14-8-5-12(15)9-16-14)10-11-3-6-13(7-4-11)19(2)18/h3-9H,10H2,1-2H3/t19-/m0/s1. The SMILES string of the molecule is CN(Cc1ccc([S@](C)=O)cc1)c1ccc(Br)cn1. The van der Waals surface area contributed by atoms with E-state index < -0.39 is 10.8 Å². The Labute approximate surface area is 124 Å². The van der Waals surface area contributed by atoms with Crippen molar-refractivity contribution >= 4 is 32.5 Å². The predicted octanol–water partition coefficient (Wildman–Crippen LogP) is 3.22. The number of hydrogen-bond acceptors (Lipinski definition) is 3. The summed E-state index contributed by atoms with van der Waals surface area (Å²) in [6.07, 6.45) is 3.47. The van der Waals surface area contributed by atoms with Crippen molar-refractivity contribution in [2.75, 3.05) is 18.2 Å². The smallest absolute Gasteiger partial charge is 0.128 e. The third kappa shape index (κ3) is 3.88. The zero-order chi connectivity index (χ0) is 13.8. The Morgan fingerprint density at radius 3 is 2.42 bits per heavy atom. The van der Waals surface area contributed by atoms with Gasteiger partial charge in [-0.05, 0) is 45.8 Å². The highest BCUT2D eigenvalue weighted by Gasteiger charge is 2.04. The van der Waals surface area contributed by atoms with Gasteiger partial charge < -0.3 is 4.90 Å². The lowest BCUT2D eigenvalue weighted by atomic mass is 10.2. The second-order valence-electron chi connectivity index (χ2n) is 4.29. The molecule has 3 nitrogen and oxygen atoms in total. The highest BCUT2D eigenvalue weighted by molar-refractivity contribution is 9.10. The van der Waals surface area contributed by atoms with Crippen molar-refractivity contribution in [1.82, 2.24) is 4.98 Å². The van der Waals surface area contributed by atoms with Gasteiger partial charge in [-0.25, -0.2) is 4.98 Å². The lowest BCUT2D eigenvalue weighted by molar-refractivity contribution is 0.687. The summed E-state index contributed by atoms with van der Waals surface area (Å²) in [5.74, 6) is 0.923. The summed E-state index contributed by atoms with van der Waals surface area (Å²) in [7, 11) is 1.08. The molecule has 2 rings (SSSR count). The molecule has 1 atom stereocenters. The van der Waals surface area contributed by atoms with Crippen molar-refractivity contribution in [3.63, 3.8) is 0 Å². The molecule has 1 heterocycles. The highest BCUT2D eigenvalue weighted by Crippen LogP contribution is 2.16. The molecule has 0 unspecified atom stereocenters. The predicted molar refractivity (Wildman–Crippen MR) is 82.8 cm³/mol. The van der Waals surface area contributed by atoms with E-state index in [0.717, 1.165) is 21.7 Å². The van der Waals surface area contributed by atoms with Crippen LogP contribution in [0.4, 0.5) is 5.82 Å². The molecule has 0 amide bonds. The molecule has 19 heavy (non-hydrogen) atoms. The van der Waals surface area contributed by atoms with Crippen LogP contribution < -0.4 is 4.90 Å². The summed E-state index contributed by atoms with van der Waals surface area (Å²) in [5, 5.41) is 0. The van der Waals surface area contributed by atoms with Gasteiger partial charge in [0.2, 0.25) is 0 Å². The van der Waals surface area contributed by atoms with Crippen LogP contribution in [0.15, 0.2) is 52.0 Å². The molecule has 1 aromatic carbocycles. The zero-order valence-electron chi connectivity index (χ0n) is 10.8. The monoisotopic (exact) mass is 338 g/mol. The van der Waals surface area contributed by atoms with Crippen LogP contribution in [0, 0.1) is 0 Å². The van der Waals surface area contributed by atoms with E-state index in [1.54, 1.807) is 12.5 Å². The van der Waals surface area contributed by atoms with Gasteiger partial charge in [-0.15, -0.1) is 0 Å². The number of nitrogens with zero attached hydrogens (tertiary/aromatic N) is 2. The van der Waals surface area contributed by atoms with Crippen molar-refractivity contribution < 1.29 is 4.21 Å². The molecule has 0 bridgehead atoms. The first-order valence-corrected chi connectivity index (χ1v) is 8.16. The summed E-state index contributed by atoms with van der Waals surface area (Å²) in [6.45, 7) is 0.769. The zero-order valence-corrected chi connectivity index (χ0v) is 13.2. The second kappa shape index (κ2) is 6.30. The van der Waals surface area contributed by atoms with Crippen molar-refractivity contribution in [3.05, 3.63) is 52.6 Å². The molecule has 0 saturated heterocycles. The number of pyridine rings is 1. The van der Waals surface area contributed by atoms with Gasteiger partial charge in [0.25, 0.3) is 0 Å². The minimum absolute atomic E-state index is 0.769. The fraction of sp³-hybridized carbons (Fsp3) is 0.214. The molecule has 0 saturated carbocycles. The summed E-state index contributed by atoms with van der Waals surface area (Å²) < 4.78 is 12.3. The molecule has 0 spiro atoms. The molecule has 0 aliphatic rings. The van der Waals surface area contributed by atoms with Crippen LogP contribution in [0.3, 0.4) is 0 Å². The van der Waals surface area contributed by atoms with Crippen LogP contribution >= 0.6 is 15.9 Å². The maximum Gasteiger partial charge on any atom is 0.128 e. The van der Waals surface area contributed by atoms with Crippen LogP contribution in [-0.2, 0) is 17.3 Å². The van der Waals surface area contributed by atoms with Crippen LogP contribution in [0.1, 0.15) is 5.56 Å². The Kier molecular flexibility index (Phi) is 4.71. The molecular weight excluding hydrogens is 324 g/mol. The molecule has 2 aromatic rings. The van der Waals surface area contributed by atoms with E-state index in [1.807, 2.05) is 43.4 Å². The summed E-state index contributed by atoms with van der Waals surface area (Å²) in [5.41, 5.74) is 1.17. The van der Waals surface area contributed by atoms with Crippen molar-refractivity contribution in [3.8, 4) is 0 Å². The van der Waals surface area contributed by atoms with Gasteiger partial charge in [-0.2, -0.15) is 0 Å². The van der Waals surface area contributed by atoms with E-state index in [4.69, 9.17) is 0 Å². The van der Waals surface area contributed by atoms with Crippen molar-refractivity contribution in [1.29, 1.82) is 0 Å². The Balaban J connectivity index is 2.08. The van der Waals surface area contributed by atoms with Gasteiger partial charge in [-0.3, -0.25) is 4.21 Å². The van der Waals surface area contributed by atoms with E-state index in [-0.39, 0.29) is 0 Å². The van der Waals surface area contributed by atoms with Crippen LogP contribution in [0.5, 0.6) is 0 Å². The maximum absolute atomic E-state index is 11.3. The fourth-order valence-corrected chi connectivity index (χ4v) is 2.49. The fourth-order valence-electron chi connectivity index (χ4n) is 1.74. The molecule has 1 aromatic heterocycles. The first kappa shape index (κ1) is 14.2. The first-order valence-electron chi connectivity index (χ1n) is 5.81. The summed E-state index contributed by atoms with van der Waals surface area (Å²) >= 11 is 3.37. The average Bonchev–Trinajstić information content (AvgIpc) is 2.40. The van der Waals surface area contributed by atoms with E-state index in [9.17, 15) is 4.21 Å². The van der Waals surface area contributed by atoms with Gasteiger partial charge in [0.1, 0.15) is 5.82 Å². The van der Waals surface area contributed by atoms with Crippen molar-refractivity contribution in [2.24, 2.45) is 0 Å². The van der Waals surface area contributed by atoms with Gasteiger partial charge in [0, 0.05) is 46.2 Å². The Bertz CT molecular complexity index is 569. The molecule has 0 aliphatic carbocycles. The van der Waals surface area contributed by atoms with E-state index >= 15 is 0 Å². The largest absolute Gasteiger partial charge is 0.355 e. The third-order valence-electron chi connectivity index (χ3n) is 2.78. The molecule has 0 radical (unpaired) electrons. The van der Waals surface area contributed by atoms with Crippen LogP contribution in [0.2, 0.25) is 0 Å². The summed E-state index contributed by atoms with van der Waals surface area (Å²) in [6, 6.07) is 11.8. The van der Waals surface area contributed by atoms with Crippen LogP contribution in [-0.4, -0.2) is 22.5 Å². The number of aromatic nitrogens is 1. The second-order valence-corrected chi connectivity index (χ2v) is 6.58. The molecule has 5 heteroatoms. The lowest BCUT2D eigenvalue weighted by Crippen LogP contribution is -2.17. The number of benzene rings is 1. The highest BCUT2D eigenvalue weighted by atomic mass is 79.9. The van der Waals surface area contributed by atoms with E-state index in [1.165, 1.54) is 5.56 Å². The normalized spacial score (nSPS) is 12.2. The minimum atomic E-state index is -0.920. The van der Waals surface area contributed by atoms with E-state index in [0.29, 0.717) is 0 Å². The Morgan fingerprint density at radius 1 is 1.21 bits per heavy atom. The maximum atomic E-state index is 11.3. The topological polar surface area (TPSA) is 33.2 Å². The molecule has 0 fully saturated rings. The van der Waals surface area contributed by atoms with E-state index in [2.05, 4.69) is 25.8 Å². The Morgan fingerprint density at radius 2 is 1.89 bits per heavy atom. The first-order chi connectivity index (χ1) is 9.06. The number of halogens is 1. The third-order valence-corrected chi connectivity index (χ3v) is 4.18. The summed E-state index contributed by atoms with van der Waals surface area (Å²) in [4.78, 5) is 7.28. The molecule has 100 valence electrons. The minimum Gasteiger partial charge on any atom is -0.355 e. The lowest BCUT2D eigenvalue weighted by Gasteiger charge is -2.18. The van der Waals surface area contributed by atoms with Gasteiger partial charge in [0.05, 0.1) is 0 Å². The number of hydrogen-bond donors (Lipinski definition) is 0. The Hall–Kier alpha value is -1.20. The number of rotatable bonds is 4. The molecular formula is C14H15BrN2OS. The van der Waals surface area contributed by atoms with Crippen molar-refractivity contribution in [2.45, 2.75) is 11.4 Å². The van der Waals surface area contributed by atoms with Gasteiger partial charge in [-0.1, -0.05) is 12.1 Å². The van der Waals surface area contributed by atoms with Crippen LogP contribution in [0.25, 0.3) is 0 Å². The molecule has 0 aliphatic heterocycles. The number of anilines is 1. The van der Waals surface area contributed by atoms with Gasteiger partial charge >= 0.3 is 0 Å². The van der Waals surface area contributed by atoms with Gasteiger partial charge in [0.15, 0.2) is 0 Å². The average molecular weight is 339 g/mol. The molecule has 0 N–H and O–H groups in total. The quantitative estimate of drug-likeness (QED) is 0.858.